The maximum atomic E-state index is 13.9. The van der Waals surface area contributed by atoms with E-state index in [-0.39, 0.29) is 5.56 Å². The Labute approximate surface area is 98.3 Å². The number of benzene rings is 1. The van der Waals surface area contributed by atoms with Crippen LogP contribution in [0.5, 0.6) is 0 Å². The minimum Gasteiger partial charge on any atom is -0.384 e. The van der Waals surface area contributed by atoms with E-state index < -0.39 is 28.9 Å². The van der Waals surface area contributed by atoms with Gasteiger partial charge in [0.05, 0.1) is 5.56 Å². The van der Waals surface area contributed by atoms with Crippen LogP contribution in [-0.2, 0) is 5.92 Å². The summed E-state index contributed by atoms with van der Waals surface area (Å²) in [6.07, 6.45) is 0. The van der Waals surface area contributed by atoms with E-state index in [0.29, 0.717) is 0 Å². The van der Waals surface area contributed by atoms with Crippen LogP contribution < -0.4 is 5.73 Å². The van der Waals surface area contributed by atoms with Crippen molar-refractivity contribution in [1.29, 1.82) is 0 Å². The van der Waals surface area contributed by atoms with Gasteiger partial charge in [-0.2, -0.15) is 8.78 Å². The van der Waals surface area contributed by atoms with Crippen molar-refractivity contribution < 1.29 is 18.3 Å². The van der Waals surface area contributed by atoms with Gasteiger partial charge in [0, 0.05) is 11.6 Å². The molecule has 0 aliphatic heterocycles. The first-order valence-electron chi connectivity index (χ1n) is 5.23. The van der Waals surface area contributed by atoms with Gasteiger partial charge in [0.2, 0.25) is 0 Å². The normalized spacial score (nSPS) is 14.8. The second kappa shape index (κ2) is 4.31. The molecule has 0 saturated carbocycles. The van der Waals surface area contributed by atoms with E-state index in [0.717, 1.165) is 19.9 Å². The lowest BCUT2D eigenvalue weighted by Gasteiger charge is -2.30. The highest BCUT2D eigenvalue weighted by molar-refractivity contribution is 5.32. The second-order valence-corrected chi connectivity index (χ2v) is 4.63. The van der Waals surface area contributed by atoms with Crippen LogP contribution in [0.4, 0.5) is 13.2 Å². The number of alkyl halides is 2. The van der Waals surface area contributed by atoms with Gasteiger partial charge in [-0.15, -0.1) is 0 Å². The summed E-state index contributed by atoms with van der Waals surface area (Å²) < 4.78 is 41.6. The molecule has 3 N–H and O–H groups in total. The van der Waals surface area contributed by atoms with Crippen LogP contribution in [0.15, 0.2) is 18.2 Å². The molecule has 1 aromatic carbocycles. The zero-order chi connectivity index (χ0) is 13.4. The molecule has 0 amide bonds. The number of rotatable bonds is 3. The molecule has 1 aromatic rings. The minimum absolute atomic E-state index is 0.00595. The topological polar surface area (TPSA) is 46.2 Å². The van der Waals surface area contributed by atoms with Crippen molar-refractivity contribution in [3.8, 4) is 0 Å². The molecule has 0 aromatic heterocycles. The van der Waals surface area contributed by atoms with Gasteiger partial charge < -0.3 is 10.8 Å². The van der Waals surface area contributed by atoms with Crippen LogP contribution >= 0.6 is 0 Å². The molecule has 0 aliphatic rings. The molecular weight excluding hydrogens is 231 g/mol. The molecule has 0 aliphatic carbocycles. The smallest absolute Gasteiger partial charge is 0.303 e. The highest BCUT2D eigenvalue weighted by Crippen LogP contribution is 2.40. The van der Waals surface area contributed by atoms with Crippen LogP contribution in [0.2, 0.25) is 0 Å². The Kier molecular flexibility index (Phi) is 3.55. The standard InChI is InChI=1S/C12H16F3NO/c1-7(16)8-5-4-6-9(10(8)13)12(14,15)11(2,3)17/h4-7,17H,16H2,1-3H3. The van der Waals surface area contributed by atoms with Crippen LogP contribution in [0.3, 0.4) is 0 Å². The van der Waals surface area contributed by atoms with Gasteiger partial charge >= 0.3 is 5.92 Å². The van der Waals surface area contributed by atoms with E-state index in [1.165, 1.54) is 19.1 Å². The van der Waals surface area contributed by atoms with Crippen LogP contribution in [0.1, 0.15) is 37.9 Å². The Morgan fingerprint density at radius 1 is 1.29 bits per heavy atom. The SMILES string of the molecule is CC(N)c1cccc(C(F)(F)C(C)(C)O)c1F. The van der Waals surface area contributed by atoms with Crippen molar-refractivity contribution in [3.05, 3.63) is 35.1 Å². The fraction of sp³-hybridized carbons (Fsp3) is 0.500. The van der Waals surface area contributed by atoms with Gasteiger partial charge in [-0.3, -0.25) is 0 Å². The Morgan fingerprint density at radius 2 is 1.82 bits per heavy atom. The molecule has 96 valence electrons. The summed E-state index contributed by atoms with van der Waals surface area (Å²) in [7, 11) is 0. The van der Waals surface area contributed by atoms with E-state index in [4.69, 9.17) is 5.73 Å². The molecule has 2 nitrogen and oxygen atoms in total. The van der Waals surface area contributed by atoms with Crippen molar-refractivity contribution in [2.45, 2.75) is 38.3 Å². The van der Waals surface area contributed by atoms with Gasteiger partial charge in [-0.05, 0) is 26.8 Å². The van der Waals surface area contributed by atoms with Gasteiger partial charge in [0.25, 0.3) is 0 Å². The monoisotopic (exact) mass is 247 g/mol. The summed E-state index contributed by atoms with van der Waals surface area (Å²) in [4.78, 5) is 0. The average Bonchev–Trinajstić information content (AvgIpc) is 2.15. The minimum atomic E-state index is -3.68. The summed E-state index contributed by atoms with van der Waals surface area (Å²) in [6, 6.07) is 2.92. The van der Waals surface area contributed by atoms with Crippen molar-refractivity contribution >= 4 is 0 Å². The van der Waals surface area contributed by atoms with E-state index in [1.54, 1.807) is 0 Å². The quantitative estimate of drug-likeness (QED) is 0.862. The summed E-state index contributed by atoms with van der Waals surface area (Å²) >= 11 is 0. The van der Waals surface area contributed by atoms with E-state index in [1.807, 2.05) is 0 Å². The van der Waals surface area contributed by atoms with Crippen molar-refractivity contribution in [1.82, 2.24) is 0 Å². The van der Waals surface area contributed by atoms with Crippen molar-refractivity contribution in [2.24, 2.45) is 5.73 Å². The maximum absolute atomic E-state index is 13.9. The predicted octanol–water partition coefficient (Wildman–Crippen LogP) is 2.71. The van der Waals surface area contributed by atoms with Gasteiger partial charge in [-0.1, -0.05) is 12.1 Å². The molecule has 0 heterocycles. The lowest BCUT2D eigenvalue weighted by atomic mass is 9.91. The Hall–Kier alpha value is -1.07. The predicted molar refractivity (Wildman–Crippen MR) is 59.2 cm³/mol. The Morgan fingerprint density at radius 3 is 2.24 bits per heavy atom. The van der Waals surface area contributed by atoms with Crippen LogP contribution in [-0.4, -0.2) is 10.7 Å². The maximum Gasteiger partial charge on any atom is 0.303 e. The summed E-state index contributed by atoms with van der Waals surface area (Å²) in [6.45, 7) is 3.38. The summed E-state index contributed by atoms with van der Waals surface area (Å²) in [5.74, 6) is -4.74. The zero-order valence-corrected chi connectivity index (χ0v) is 9.97. The molecule has 5 heteroatoms. The molecule has 0 fully saturated rings. The molecule has 17 heavy (non-hydrogen) atoms. The molecule has 1 unspecified atom stereocenters. The summed E-state index contributed by atoms with van der Waals surface area (Å²) in [5, 5.41) is 9.40. The van der Waals surface area contributed by atoms with Crippen LogP contribution in [0.25, 0.3) is 0 Å². The number of hydrogen-bond acceptors (Lipinski definition) is 2. The third-order valence-corrected chi connectivity index (χ3v) is 2.63. The highest BCUT2D eigenvalue weighted by Gasteiger charge is 2.49. The first-order chi connectivity index (χ1) is 7.59. The number of nitrogens with two attached hydrogens (primary N) is 1. The molecule has 1 rings (SSSR count). The van der Waals surface area contributed by atoms with E-state index in [2.05, 4.69) is 0 Å². The molecule has 1 atom stereocenters. The first kappa shape index (κ1) is 14.0. The number of halogens is 3. The Balaban J connectivity index is 3.38. The first-order valence-corrected chi connectivity index (χ1v) is 5.23. The second-order valence-electron chi connectivity index (χ2n) is 4.63. The zero-order valence-electron chi connectivity index (χ0n) is 9.97. The average molecular weight is 247 g/mol. The summed E-state index contributed by atoms with van der Waals surface area (Å²) in [5.41, 5.74) is 2.32. The fourth-order valence-electron chi connectivity index (χ4n) is 1.47. The largest absolute Gasteiger partial charge is 0.384 e. The molecule has 0 bridgehead atoms. The molecular formula is C12H16F3NO. The van der Waals surface area contributed by atoms with Gasteiger partial charge in [0.1, 0.15) is 11.4 Å². The number of hydrogen-bond donors (Lipinski definition) is 2. The van der Waals surface area contributed by atoms with Gasteiger partial charge in [-0.25, -0.2) is 4.39 Å². The Bertz CT molecular complexity index is 411. The lowest BCUT2D eigenvalue weighted by Crippen LogP contribution is -2.41. The van der Waals surface area contributed by atoms with E-state index in [9.17, 15) is 18.3 Å². The van der Waals surface area contributed by atoms with Crippen LogP contribution in [0, 0.1) is 5.82 Å². The number of aliphatic hydroxyl groups is 1. The van der Waals surface area contributed by atoms with Gasteiger partial charge in [0.15, 0.2) is 0 Å². The fourth-order valence-corrected chi connectivity index (χ4v) is 1.47. The highest BCUT2D eigenvalue weighted by atomic mass is 19.3. The molecule has 0 saturated heterocycles. The van der Waals surface area contributed by atoms with E-state index >= 15 is 0 Å². The van der Waals surface area contributed by atoms with Crippen molar-refractivity contribution in [3.63, 3.8) is 0 Å². The van der Waals surface area contributed by atoms with Crippen molar-refractivity contribution in [2.75, 3.05) is 0 Å². The third-order valence-electron chi connectivity index (χ3n) is 2.63. The third kappa shape index (κ3) is 2.45. The lowest BCUT2D eigenvalue weighted by molar-refractivity contribution is -0.170. The molecule has 0 spiro atoms. The molecule has 0 radical (unpaired) electrons.